The zero-order valence-corrected chi connectivity index (χ0v) is 11.4. The van der Waals surface area contributed by atoms with E-state index in [0.29, 0.717) is 30.4 Å². The highest BCUT2D eigenvalue weighted by molar-refractivity contribution is 6.32. The van der Waals surface area contributed by atoms with Gasteiger partial charge in [-0.15, -0.1) is 0 Å². The molecule has 0 bridgehead atoms. The third-order valence-corrected chi connectivity index (χ3v) is 3.09. The Morgan fingerprint density at radius 1 is 1.50 bits per heavy atom. The van der Waals surface area contributed by atoms with Gasteiger partial charge in [-0.25, -0.2) is 9.97 Å². The first-order chi connectivity index (χ1) is 8.62. The Kier molecular flexibility index (Phi) is 6.01. The molecule has 0 aliphatic rings. The molecule has 2 N–H and O–H groups in total. The Hall–Kier alpha value is -1.20. The third kappa shape index (κ3) is 3.92. The lowest BCUT2D eigenvalue weighted by Gasteiger charge is -2.16. The van der Waals surface area contributed by atoms with Crippen LogP contribution in [0.5, 0.6) is 0 Å². The van der Waals surface area contributed by atoms with Gasteiger partial charge in [-0.1, -0.05) is 24.9 Å². The number of nitrogens with one attached hydrogen (secondary N) is 1. The van der Waals surface area contributed by atoms with E-state index in [1.165, 1.54) is 0 Å². The van der Waals surface area contributed by atoms with Crippen LogP contribution in [0.25, 0.3) is 0 Å². The molecule has 18 heavy (non-hydrogen) atoms. The number of rotatable bonds is 7. The van der Waals surface area contributed by atoms with Crippen LogP contribution in [-0.2, 0) is 0 Å². The quantitative estimate of drug-likeness (QED) is 0.587. The van der Waals surface area contributed by atoms with Crippen LogP contribution in [0.1, 0.15) is 35.9 Å². The highest BCUT2D eigenvalue weighted by Gasteiger charge is 2.12. The fourth-order valence-electron chi connectivity index (χ4n) is 1.66. The van der Waals surface area contributed by atoms with Crippen LogP contribution < -0.4 is 5.32 Å². The molecule has 0 radical (unpaired) electrons. The molecule has 1 atom stereocenters. The number of nitrogens with zero attached hydrogens (tertiary/aromatic N) is 2. The number of halogens is 1. The number of aliphatic hydroxyl groups is 1. The largest absolute Gasteiger partial charge is 0.396 e. The van der Waals surface area contributed by atoms with E-state index < -0.39 is 0 Å². The SMILES string of the molecule is CCC(CCO)CNc1nc(C)nc(Cl)c1C=O. The van der Waals surface area contributed by atoms with E-state index in [2.05, 4.69) is 22.2 Å². The molecule has 1 rings (SSSR count). The van der Waals surface area contributed by atoms with Gasteiger partial charge in [0.15, 0.2) is 6.29 Å². The Bertz CT molecular complexity index is 413. The lowest BCUT2D eigenvalue weighted by atomic mass is 10.0. The van der Waals surface area contributed by atoms with E-state index in [-0.39, 0.29) is 17.3 Å². The monoisotopic (exact) mass is 271 g/mol. The van der Waals surface area contributed by atoms with Crippen LogP contribution >= 0.6 is 11.6 Å². The summed E-state index contributed by atoms with van der Waals surface area (Å²) >= 11 is 5.88. The van der Waals surface area contributed by atoms with Crippen molar-refractivity contribution in [3.8, 4) is 0 Å². The van der Waals surface area contributed by atoms with Gasteiger partial charge in [-0.3, -0.25) is 4.79 Å². The van der Waals surface area contributed by atoms with E-state index in [0.717, 1.165) is 12.8 Å². The Balaban J connectivity index is 2.80. The molecule has 6 heteroatoms. The average Bonchev–Trinajstić information content (AvgIpc) is 2.33. The fraction of sp³-hybridized carbons (Fsp3) is 0.583. The van der Waals surface area contributed by atoms with Crippen molar-refractivity contribution in [1.29, 1.82) is 0 Å². The predicted octanol–water partition coefficient (Wildman–Crippen LogP) is 2.07. The van der Waals surface area contributed by atoms with E-state index in [1.807, 2.05) is 0 Å². The number of aliphatic hydroxyl groups excluding tert-OH is 1. The molecule has 0 aliphatic carbocycles. The number of carbonyl (C=O) groups excluding carboxylic acids is 1. The predicted molar refractivity (Wildman–Crippen MR) is 71.1 cm³/mol. The molecule has 0 aliphatic heterocycles. The van der Waals surface area contributed by atoms with Crippen molar-refractivity contribution < 1.29 is 9.90 Å². The summed E-state index contributed by atoms with van der Waals surface area (Å²) in [4.78, 5) is 19.1. The number of carbonyl (C=O) groups is 1. The minimum atomic E-state index is 0.157. The summed E-state index contributed by atoms with van der Waals surface area (Å²) in [5.74, 6) is 1.31. The molecule has 0 fully saturated rings. The topological polar surface area (TPSA) is 75.1 Å². The Morgan fingerprint density at radius 2 is 2.22 bits per heavy atom. The van der Waals surface area contributed by atoms with E-state index in [9.17, 15) is 4.79 Å². The van der Waals surface area contributed by atoms with Crippen LogP contribution in [0, 0.1) is 12.8 Å². The normalized spacial score (nSPS) is 12.2. The third-order valence-electron chi connectivity index (χ3n) is 2.80. The number of hydrogen-bond donors (Lipinski definition) is 2. The maximum absolute atomic E-state index is 11.0. The molecular weight excluding hydrogens is 254 g/mol. The van der Waals surface area contributed by atoms with Gasteiger partial charge in [-0.05, 0) is 19.3 Å². The van der Waals surface area contributed by atoms with Crippen molar-refractivity contribution in [2.24, 2.45) is 5.92 Å². The number of aldehydes is 1. The van der Waals surface area contributed by atoms with E-state index >= 15 is 0 Å². The molecular formula is C12H18ClN3O2. The molecule has 1 aromatic heterocycles. The van der Waals surface area contributed by atoms with Crippen molar-refractivity contribution >= 4 is 23.7 Å². The molecule has 100 valence electrons. The average molecular weight is 272 g/mol. The molecule has 1 unspecified atom stereocenters. The van der Waals surface area contributed by atoms with Crippen molar-refractivity contribution in [2.75, 3.05) is 18.5 Å². The maximum atomic E-state index is 11.0. The van der Waals surface area contributed by atoms with Crippen molar-refractivity contribution in [3.05, 3.63) is 16.5 Å². The first kappa shape index (κ1) is 14.9. The van der Waals surface area contributed by atoms with Crippen LogP contribution in [0.2, 0.25) is 5.15 Å². The molecule has 0 spiro atoms. The summed E-state index contributed by atoms with van der Waals surface area (Å²) in [5.41, 5.74) is 0.279. The van der Waals surface area contributed by atoms with Crippen LogP contribution in [0.4, 0.5) is 5.82 Å². The molecule has 0 amide bonds. The van der Waals surface area contributed by atoms with Crippen molar-refractivity contribution in [3.63, 3.8) is 0 Å². The van der Waals surface area contributed by atoms with Crippen LogP contribution in [0.3, 0.4) is 0 Å². The summed E-state index contributed by atoms with van der Waals surface area (Å²) in [6.45, 7) is 4.58. The smallest absolute Gasteiger partial charge is 0.156 e. The first-order valence-corrected chi connectivity index (χ1v) is 6.34. The Labute approximate surface area is 112 Å². The number of aromatic nitrogens is 2. The minimum Gasteiger partial charge on any atom is -0.396 e. The van der Waals surface area contributed by atoms with E-state index in [1.54, 1.807) is 6.92 Å². The zero-order valence-electron chi connectivity index (χ0n) is 10.6. The van der Waals surface area contributed by atoms with Crippen LogP contribution in [-0.4, -0.2) is 34.5 Å². The molecule has 5 nitrogen and oxygen atoms in total. The van der Waals surface area contributed by atoms with E-state index in [4.69, 9.17) is 16.7 Å². The molecule has 0 saturated carbocycles. The van der Waals surface area contributed by atoms with Gasteiger partial charge < -0.3 is 10.4 Å². The van der Waals surface area contributed by atoms with Gasteiger partial charge in [0.05, 0.1) is 5.56 Å². The Morgan fingerprint density at radius 3 is 2.78 bits per heavy atom. The van der Waals surface area contributed by atoms with Gasteiger partial charge in [0, 0.05) is 13.2 Å². The number of hydrogen-bond acceptors (Lipinski definition) is 5. The summed E-state index contributed by atoms with van der Waals surface area (Å²) < 4.78 is 0. The number of aryl methyl sites for hydroxylation is 1. The highest BCUT2D eigenvalue weighted by atomic mass is 35.5. The second-order valence-corrected chi connectivity index (χ2v) is 4.47. The van der Waals surface area contributed by atoms with Crippen molar-refractivity contribution in [1.82, 2.24) is 9.97 Å². The van der Waals surface area contributed by atoms with Gasteiger partial charge in [-0.2, -0.15) is 0 Å². The molecule has 1 aromatic rings. The summed E-state index contributed by atoms with van der Waals surface area (Å²) in [5, 5.41) is 12.2. The zero-order chi connectivity index (χ0) is 13.5. The van der Waals surface area contributed by atoms with Gasteiger partial charge in [0.1, 0.15) is 16.8 Å². The summed E-state index contributed by atoms with van der Waals surface area (Å²) in [7, 11) is 0. The fourth-order valence-corrected chi connectivity index (χ4v) is 1.92. The number of anilines is 1. The lowest BCUT2D eigenvalue weighted by molar-refractivity contribution is 0.112. The molecule has 1 heterocycles. The highest BCUT2D eigenvalue weighted by Crippen LogP contribution is 2.20. The second-order valence-electron chi connectivity index (χ2n) is 4.11. The van der Waals surface area contributed by atoms with Gasteiger partial charge in [0.2, 0.25) is 0 Å². The molecule has 0 aromatic carbocycles. The second kappa shape index (κ2) is 7.28. The maximum Gasteiger partial charge on any atom is 0.156 e. The van der Waals surface area contributed by atoms with Crippen LogP contribution in [0.15, 0.2) is 0 Å². The standard InChI is InChI=1S/C12H18ClN3O2/c1-3-9(4-5-17)6-14-12-10(7-18)11(13)15-8(2)16-12/h7,9,17H,3-6H2,1-2H3,(H,14,15,16). The lowest BCUT2D eigenvalue weighted by Crippen LogP contribution is -2.17. The van der Waals surface area contributed by atoms with Gasteiger partial charge >= 0.3 is 0 Å². The first-order valence-electron chi connectivity index (χ1n) is 5.96. The van der Waals surface area contributed by atoms with Gasteiger partial charge in [0.25, 0.3) is 0 Å². The summed E-state index contributed by atoms with van der Waals surface area (Å²) in [6, 6.07) is 0. The molecule has 0 saturated heterocycles. The van der Waals surface area contributed by atoms with Crippen molar-refractivity contribution in [2.45, 2.75) is 26.7 Å². The minimum absolute atomic E-state index is 0.157. The summed E-state index contributed by atoms with van der Waals surface area (Å²) in [6.07, 6.45) is 2.32.